The summed E-state index contributed by atoms with van der Waals surface area (Å²) in [4.78, 5) is 11.3. The summed E-state index contributed by atoms with van der Waals surface area (Å²) >= 11 is 6.16. The summed E-state index contributed by atoms with van der Waals surface area (Å²) < 4.78 is 13.3. The maximum Gasteiger partial charge on any atom is 0.248 e. The minimum absolute atomic E-state index is 0.0961. The molecule has 0 bridgehead atoms. The summed E-state index contributed by atoms with van der Waals surface area (Å²) in [6.45, 7) is 5.89. The van der Waals surface area contributed by atoms with E-state index >= 15 is 0 Å². The van der Waals surface area contributed by atoms with Crippen molar-refractivity contribution in [3.63, 3.8) is 0 Å². The molecule has 124 valence electrons. The average molecular weight is 338 g/mol. The van der Waals surface area contributed by atoms with Crippen LogP contribution < -0.4 is 17.2 Å². The van der Waals surface area contributed by atoms with Crippen LogP contribution in [0, 0.1) is 5.82 Å². The molecule has 0 aliphatic heterocycles. The third-order valence-electron chi connectivity index (χ3n) is 3.34. The number of nitrogens with two attached hydrogens (primary N) is 3. The number of rotatable bonds is 7. The van der Waals surface area contributed by atoms with Gasteiger partial charge in [0.25, 0.3) is 0 Å². The van der Waals surface area contributed by atoms with Crippen LogP contribution in [0.4, 0.5) is 4.39 Å². The fourth-order valence-corrected chi connectivity index (χ4v) is 2.38. The molecular formula is C17H21ClFN3O. The number of carbonyl (C=O) groups is 1. The number of allylic oxidation sites excluding steroid dienone is 2. The van der Waals surface area contributed by atoms with Crippen molar-refractivity contribution in [1.82, 2.24) is 0 Å². The fraction of sp³-hybridized carbons (Fsp3) is 0.235. The smallest absolute Gasteiger partial charge is 0.248 e. The van der Waals surface area contributed by atoms with E-state index in [4.69, 9.17) is 28.8 Å². The van der Waals surface area contributed by atoms with E-state index in [1.807, 2.05) is 6.92 Å². The Bertz CT molecular complexity index is 680. The first kappa shape index (κ1) is 18.9. The standard InChI is InChI=1S/C17H21ClFN3O/c1-3-16(21)13(6-7-20)14(8-10(2)17(22)23)12-5-4-11(19)9-15(12)18/h4-5,8-9H,2-3,6-7,20-21H2,1H3,(H2,22,23)/b14-8-,16-13-. The summed E-state index contributed by atoms with van der Waals surface area (Å²) in [5, 5.41) is 0.201. The molecule has 0 unspecified atom stereocenters. The molecule has 1 amide bonds. The summed E-state index contributed by atoms with van der Waals surface area (Å²) in [5.74, 6) is -1.12. The summed E-state index contributed by atoms with van der Waals surface area (Å²) in [7, 11) is 0. The van der Waals surface area contributed by atoms with Gasteiger partial charge >= 0.3 is 0 Å². The minimum atomic E-state index is -0.664. The van der Waals surface area contributed by atoms with E-state index in [-0.39, 0.29) is 10.6 Å². The van der Waals surface area contributed by atoms with Crippen molar-refractivity contribution in [3.8, 4) is 0 Å². The van der Waals surface area contributed by atoms with Gasteiger partial charge in [-0.25, -0.2) is 4.39 Å². The predicted molar refractivity (Wildman–Crippen MR) is 92.9 cm³/mol. The first-order chi connectivity index (χ1) is 10.8. The van der Waals surface area contributed by atoms with Crippen molar-refractivity contribution < 1.29 is 9.18 Å². The van der Waals surface area contributed by atoms with Crippen molar-refractivity contribution in [2.24, 2.45) is 17.2 Å². The topological polar surface area (TPSA) is 95.1 Å². The highest BCUT2D eigenvalue weighted by Gasteiger charge is 2.16. The molecule has 0 aliphatic rings. The van der Waals surface area contributed by atoms with Crippen molar-refractivity contribution in [2.75, 3.05) is 6.54 Å². The van der Waals surface area contributed by atoms with Gasteiger partial charge in [-0.2, -0.15) is 0 Å². The highest BCUT2D eigenvalue weighted by molar-refractivity contribution is 6.32. The summed E-state index contributed by atoms with van der Waals surface area (Å²) in [5.41, 5.74) is 19.6. The van der Waals surface area contributed by atoms with E-state index in [0.717, 1.165) is 5.57 Å². The Labute approximate surface area is 140 Å². The van der Waals surface area contributed by atoms with Gasteiger partial charge in [0, 0.05) is 16.8 Å². The van der Waals surface area contributed by atoms with Crippen LogP contribution in [0.25, 0.3) is 5.57 Å². The molecular weight excluding hydrogens is 317 g/mol. The molecule has 1 aromatic carbocycles. The predicted octanol–water partition coefficient (Wildman–Crippen LogP) is 2.88. The molecule has 1 aromatic rings. The molecule has 0 saturated heterocycles. The molecule has 1 rings (SSSR count). The maximum absolute atomic E-state index is 13.3. The lowest BCUT2D eigenvalue weighted by Crippen LogP contribution is -2.13. The van der Waals surface area contributed by atoms with Crippen LogP contribution in [0.15, 0.2) is 47.7 Å². The van der Waals surface area contributed by atoms with Crippen molar-refractivity contribution in [1.29, 1.82) is 0 Å². The SMILES string of the molecule is C=C(/C=C(\C(CCN)=C(/N)CC)c1ccc(F)cc1Cl)C(N)=O. The molecule has 4 nitrogen and oxygen atoms in total. The van der Waals surface area contributed by atoms with Gasteiger partial charge in [0.05, 0.1) is 5.02 Å². The van der Waals surface area contributed by atoms with Crippen LogP contribution in [-0.2, 0) is 4.79 Å². The Morgan fingerprint density at radius 1 is 1.39 bits per heavy atom. The number of amides is 1. The van der Waals surface area contributed by atoms with E-state index in [2.05, 4.69) is 6.58 Å². The Morgan fingerprint density at radius 2 is 2.04 bits per heavy atom. The molecule has 0 aliphatic carbocycles. The Morgan fingerprint density at radius 3 is 2.52 bits per heavy atom. The monoisotopic (exact) mass is 337 g/mol. The van der Waals surface area contributed by atoms with Crippen LogP contribution in [0.5, 0.6) is 0 Å². The van der Waals surface area contributed by atoms with E-state index in [1.165, 1.54) is 24.3 Å². The van der Waals surface area contributed by atoms with Gasteiger partial charge in [0.15, 0.2) is 0 Å². The molecule has 0 radical (unpaired) electrons. The lowest BCUT2D eigenvalue weighted by molar-refractivity contribution is -0.114. The van der Waals surface area contributed by atoms with Crippen molar-refractivity contribution in [3.05, 3.63) is 64.1 Å². The minimum Gasteiger partial charge on any atom is -0.402 e. The average Bonchev–Trinajstić information content (AvgIpc) is 2.50. The lowest BCUT2D eigenvalue weighted by atomic mass is 9.91. The van der Waals surface area contributed by atoms with Gasteiger partial charge in [0.1, 0.15) is 5.82 Å². The molecule has 6 heteroatoms. The summed E-state index contributed by atoms with van der Waals surface area (Å²) in [6, 6.07) is 4.00. The zero-order chi connectivity index (χ0) is 17.6. The van der Waals surface area contributed by atoms with Crippen LogP contribution in [-0.4, -0.2) is 12.5 Å². The van der Waals surface area contributed by atoms with Gasteiger partial charge in [-0.1, -0.05) is 25.1 Å². The number of hydrogen-bond acceptors (Lipinski definition) is 3. The largest absolute Gasteiger partial charge is 0.402 e. The third-order valence-corrected chi connectivity index (χ3v) is 3.66. The molecule has 6 N–H and O–H groups in total. The van der Waals surface area contributed by atoms with Gasteiger partial charge in [-0.15, -0.1) is 0 Å². The van der Waals surface area contributed by atoms with E-state index < -0.39 is 11.7 Å². The quantitative estimate of drug-likeness (QED) is 0.527. The van der Waals surface area contributed by atoms with E-state index in [0.29, 0.717) is 36.2 Å². The van der Waals surface area contributed by atoms with Crippen LogP contribution in [0.3, 0.4) is 0 Å². The molecule has 0 aromatic heterocycles. The molecule has 0 heterocycles. The first-order valence-corrected chi connectivity index (χ1v) is 7.53. The highest BCUT2D eigenvalue weighted by atomic mass is 35.5. The third kappa shape index (κ3) is 4.94. The second kappa shape index (κ2) is 8.50. The second-order valence-electron chi connectivity index (χ2n) is 4.97. The molecule has 0 spiro atoms. The maximum atomic E-state index is 13.3. The number of benzene rings is 1. The zero-order valence-corrected chi connectivity index (χ0v) is 13.8. The molecule has 0 atom stereocenters. The number of primary amides is 1. The van der Waals surface area contributed by atoms with Crippen molar-refractivity contribution >= 4 is 23.1 Å². The Hall–Kier alpha value is -2.11. The number of hydrogen-bond donors (Lipinski definition) is 3. The van der Waals surface area contributed by atoms with Gasteiger partial charge in [0.2, 0.25) is 5.91 Å². The normalized spacial score (nSPS) is 12.8. The second-order valence-corrected chi connectivity index (χ2v) is 5.37. The molecule has 23 heavy (non-hydrogen) atoms. The molecule has 0 saturated carbocycles. The summed E-state index contributed by atoms with van der Waals surface area (Å²) in [6.07, 6.45) is 2.58. The zero-order valence-electron chi connectivity index (χ0n) is 13.0. The number of carbonyl (C=O) groups excluding carboxylic acids is 1. The van der Waals surface area contributed by atoms with E-state index in [9.17, 15) is 9.18 Å². The van der Waals surface area contributed by atoms with Gasteiger partial charge in [-0.3, -0.25) is 4.79 Å². The lowest BCUT2D eigenvalue weighted by Gasteiger charge is -2.17. The Balaban J connectivity index is 3.61. The van der Waals surface area contributed by atoms with Crippen molar-refractivity contribution in [2.45, 2.75) is 19.8 Å². The Kier molecular flexibility index (Phi) is 7.00. The van der Waals surface area contributed by atoms with Gasteiger partial charge < -0.3 is 17.2 Å². The first-order valence-electron chi connectivity index (χ1n) is 7.15. The van der Waals surface area contributed by atoms with Gasteiger partial charge in [-0.05, 0) is 54.8 Å². The van der Waals surface area contributed by atoms with E-state index in [1.54, 1.807) is 0 Å². The van der Waals surface area contributed by atoms with Crippen LogP contribution >= 0.6 is 11.6 Å². The fourth-order valence-electron chi connectivity index (χ4n) is 2.11. The number of halogens is 2. The molecule has 0 fully saturated rings. The van der Waals surface area contributed by atoms with Crippen LogP contribution in [0.1, 0.15) is 25.3 Å². The highest BCUT2D eigenvalue weighted by Crippen LogP contribution is 2.33. The van der Waals surface area contributed by atoms with Crippen LogP contribution in [0.2, 0.25) is 5.02 Å².